The second-order valence-corrected chi connectivity index (χ2v) is 9.95. The maximum atomic E-state index is 13.2. The number of aliphatic hydroxyl groups is 1. The van der Waals surface area contributed by atoms with Crippen LogP contribution in [0.5, 0.6) is 0 Å². The molecular formula is C21H32O2. The largest absolute Gasteiger partial charge is 0.385 e. The van der Waals surface area contributed by atoms with Crippen LogP contribution in [0.2, 0.25) is 0 Å². The summed E-state index contributed by atoms with van der Waals surface area (Å²) >= 11 is 0. The number of carbonyl (C=O) groups excluding carboxylic acids is 1. The highest BCUT2D eigenvalue weighted by Crippen LogP contribution is 2.71. The van der Waals surface area contributed by atoms with Crippen molar-refractivity contribution in [3.8, 4) is 0 Å². The number of hydrogen-bond donors (Lipinski definition) is 1. The van der Waals surface area contributed by atoms with Crippen molar-refractivity contribution in [1.29, 1.82) is 0 Å². The Kier molecular flexibility index (Phi) is 3.11. The molecule has 0 aromatic heterocycles. The second-order valence-electron chi connectivity index (χ2n) is 9.95. The normalized spacial score (nSPS) is 58.0. The van der Waals surface area contributed by atoms with E-state index in [2.05, 4.69) is 39.8 Å². The molecule has 3 fully saturated rings. The van der Waals surface area contributed by atoms with Crippen LogP contribution in [0.25, 0.3) is 0 Å². The smallest absolute Gasteiger partial charge is 0.167 e. The number of hydrogen-bond acceptors (Lipinski definition) is 2. The predicted octanol–water partition coefficient (Wildman–Crippen LogP) is 4.52. The van der Waals surface area contributed by atoms with E-state index in [1.54, 1.807) is 0 Å². The molecule has 2 bridgehead atoms. The first-order valence-electron chi connectivity index (χ1n) is 9.62. The monoisotopic (exact) mass is 316 g/mol. The third-order valence-electron chi connectivity index (χ3n) is 8.74. The zero-order chi connectivity index (χ0) is 16.7. The predicted molar refractivity (Wildman–Crippen MR) is 91.9 cm³/mol. The van der Waals surface area contributed by atoms with E-state index in [0.29, 0.717) is 23.7 Å². The third-order valence-corrected chi connectivity index (χ3v) is 8.74. The summed E-state index contributed by atoms with van der Waals surface area (Å²) in [5.41, 5.74) is 0.340. The van der Waals surface area contributed by atoms with E-state index in [-0.39, 0.29) is 22.0 Å². The Morgan fingerprint density at radius 2 is 1.83 bits per heavy atom. The van der Waals surface area contributed by atoms with Gasteiger partial charge in [0.15, 0.2) is 5.78 Å². The fraction of sp³-hybridized carbons (Fsp3) is 0.857. The molecule has 4 aliphatic rings. The Bertz CT molecular complexity index is 580. The molecule has 23 heavy (non-hydrogen) atoms. The average Bonchev–Trinajstić information content (AvgIpc) is 2.75. The first-order chi connectivity index (χ1) is 10.7. The van der Waals surface area contributed by atoms with Gasteiger partial charge in [0.05, 0.1) is 0 Å². The molecule has 2 nitrogen and oxygen atoms in total. The Morgan fingerprint density at radius 3 is 2.52 bits per heavy atom. The lowest BCUT2D eigenvalue weighted by Crippen LogP contribution is -2.64. The highest BCUT2D eigenvalue weighted by Gasteiger charge is 2.67. The van der Waals surface area contributed by atoms with Gasteiger partial charge < -0.3 is 5.11 Å². The van der Waals surface area contributed by atoms with Gasteiger partial charge in [-0.15, -0.1) is 0 Å². The molecule has 4 aliphatic carbocycles. The van der Waals surface area contributed by atoms with Crippen molar-refractivity contribution in [2.45, 2.75) is 78.7 Å². The number of aliphatic hydroxyl groups excluding tert-OH is 1. The van der Waals surface area contributed by atoms with Crippen LogP contribution in [0, 0.1) is 33.5 Å². The SMILES string of the molecule is CC[C@]1(C)C[C@@H](O)C(=O)[C@@]2(C)[C@@H]3CC[C@]4(C)C=C[C@@]3(CC[C@@H]12)C4. The molecule has 0 amide bonds. The van der Waals surface area contributed by atoms with Crippen LogP contribution >= 0.6 is 0 Å². The van der Waals surface area contributed by atoms with E-state index < -0.39 is 6.10 Å². The van der Waals surface area contributed by atoms with Crippen molar-refractivity contribution in [2.24, 2.45) is 33.5 Å². The summed E-state index contributed by atoms with van der Waals surface area (Å²) in [5, 5.41) is 10.6. The van der Waals surface area contributed by atoms with Gasteiger partial charge in [0.2, 0.25) is 0 Å². The Hall–Kier alpha value is -0.630. The van der Waals surface area contributed by atoms with Crippen molar-refractivity contribution in [2.75, 3.05) is 0 Å². The van der Waals surface area contributed by atoms with Gasteiger partial charge in [0.1, 0.15) is 6.10 Å². The van der Waals surface area contributed by atoms with Crippen LogP contribution < -0.4 is 0 Å². The summed E-state index contributed by atoms with van der Waals surface area (Å²) in [5.74, 6) is 1.01. The minimum Gasteiger partial charge on any atom is -0.385 e. The molecule has 7 atom stereocenters. The lowest BCUT2D eigenvalue weighted by Gasteiger charge is -2.64. The highest BCUT2D eigenvalue weighted by atomic mass is 16.3. The maximum Gasteiger partial charge on any atom is 0.167 e. The Morgan fingerprint density at radius 1 is 1.13 bits per heavy atom. The van der Waals surface area contributed by atoms with E-state index >= 15 is 0 Å². The standard InChI is InChI=1S/C21H32O2/c1-5-19(3)12-14(22)17(23)20(4)15(19)7-9-21-11-10-18(2,13-21)8-6-16(20)21/h10-11,14-16,22H,5-9,12-13H2,1-4H3/t14-,15+,16+,18-,19-,20-,21+/m1/s1. The van der Waals surface area contributed by atoms with Crippen LogP contribution in [0.15, 0.2) is 12.2 Å². The fourth-order valence-corrected chi connectivity index (χ4v) is 7.45. The van der Waals surface area contributed by atoms with Crippen molar-refractivity contribution in [1.82, 2.24) is 0 Å². The first-order valence-corrected chi connectivity index (χ1v) is 9.62. The molecule has 0 aromatic rings. The van der Waals surface area contributed by atoms with Gasteiger partial charge in [-0.1, -0.05) is 46.3 Å². The maximum absolute atomic E-state index is 13.2. The summed E-state index contributed by atoms with van der Waals surface area (Å²) in [4.78, 5) is 13.2. The molecule has 1 spiro atoms. The topological polar surface area (TPSA) is 37.3 Å². The molecular weight excluding hydrogens is 284 g/mol. The quantitative estimate of drug-likeness (QED) is 0.722. The molecule has 0 aromatic carbocycles. The van der Waals surface area contributed by atoms with E-state index in [1.165, 1.54) is 19.3 Å². The summed E-state index contributed by atoms with van der Waals surface area (Å²) in [7, 11) is 0. The molecule has 0 aliphatic heterocycles. The number of carbonyl (C=O) groups is 1. The number of rotatable bonds is 1. The zero-order valence-corrected chi connectivity index (χ0v) is 15.2. The zero-order valence-electron chi connectivity index (χ0n) is 15.2. The van der Waals surface area contributed by atoms with Gasteiger partial charge >= 0.3 is 0 Å². The van der Waals surface area contributed by atoms with E-state index in [1.807, 2.05) is 0 Å². The molecule has 128 valence electrons. The van der Waals surface area contributed by atoms with Gasteiger partial charge in [-0.25, -0.2) is 0 Å². The molecule has 2 heteroatoms. The van der Waals surface area contributed by atoms with E-state index in [0.717, 1.165) is 19.3 Å². The Balaban J connectivity index is 1.82. The highest BCUT2D eigenvalue weighted by molar-refractivity contribution is 5.90. The number of ketones is 1. The number of Topliss-reactive ketones (excluding diaryl/α,β-unsaturated/α-hetero) is 1. The molecule has 0 heterocycles. The van der Waals surface area contributed by atoms with Crippen LogP contribution in [-0.4, -0.2) is 17.0 Å². The molecule has 1 N–H and O–H groups in total. The Labute approximate surface area is 140 Å². The lowest BCUT2D eigenvalue weighted by molar-refractivity contribution is -0.185. The van der Waals surface area contributed by atoms with Crippen molar-refractivity contribution in [3.05, 3.63) is 12.2 Å². The molecule has 4 rings (SSSR count). The van der Waals surface area contributed by atoms with Gasteiger partial charge in [-0.05, 0) is 66.6 Å². The molecule has 0 unspecified atom stereocenters. The number of allylic oxidation sites excluding steroid dienone is 2. The molecule has 0 saturated heterocycles. The third kappa shape index (κ3) is 1.82. The molecule has 3 saturated carbocycles. The van der Waals surface area contributed by atoms with Crippen LogP contribution in [0.1, 0.15) is 72.6 Å². The fourth-order valence-electron chi connectivity index (χ4n) is 7.45. The van der Waals surface area contributed by atoms with Crippen LogP contribution in [0.3, 0.4) is 0 Å². The lowest BCUT2D eigenvalue weighted by atomic mass is 9.39. The van der Waals surface area contributed by atoms with E-state index in [4.69, 9.17) is 0 Å². The van der Waals surface area contributed by atoms with Crippen LogP contribution in [-0.2, 0) is 4.79 Å². The number of fused-ring (bicyclic) bond motifs is 3. The van der Waals surface area contributed by atoms with Gasteiger partial charge in [-0.3, -0.25) is 4.79 Å². The summed E-state index contributed by atoms with van der Waals surface area (Å²) in [6.07, 6.45) is 11.8. The summed E-state index contributed by atoms with van der Waals surface area (Å²) in [6, 6.07) is 0. The van der Waals surface area contributed by atoms with Crippen molar-refractivity contribution < 1.29 is 9.90 Å². The summed E-state index contributed by atoms with van der Waals surface area (Å²) < 4.78 is 0. The van der Waals surface area contributed by atoms with Crippen molar-refractivity contribution >= 4 is 5.78 Å². The van der Waals surface area contributed by atoms with E-state index in [9.17, 15) is 9.90 Å². The van der Waals surface area contributed by atoms with Gasteiger partial charge in [-0.2, -0.15) is 0 Å². The average molecular weight is 316 g/mol. The summed E-state index contributed by atoms with van der Waals surface area (Å²) in [6.45, 7) is 9.16. The van der Waals surface area contributed by atoms with Crippen LogP contribution in [0.4, 0.5) is 0 Å². The first kappa shape index (κ1) is 15.9. The van der Waals surface area contributed by atoms with Gasteiger partial charge in [0.25, 0.3) is 0 Å². The minimum atomic E-state index is -0.755. The molecule has 0 radical (unpaired) electrons. The van der Waals surface area contributed by atoms with Crippen molar-refractivity contribution in [3.63, 3.8) is 0 Å². The van der Waals surface area contributed by atoms with Gasteiger partial charge in [0, 0.05) is 5.41 Å². The second kappa shape index (κ2) is 4.50. The minimum absolute atomic E-state index is 0.104.